The molecule has 6 heteroatoms. The van der Waals surface area contributed by atoms with Gasteiger partial charge in [0.15, 0.2) is 0 Å². The van der Waals surface area contributed by atoms with Gasteiger partial charge in [0, 0.05) is 34.6 Å². The van der Waals surface area contributed by atoms with E-state index in [0.29, 0.717) is 16.6 Å². The van der Waals surface area contributed by atoms with Crippen molar-refractivity contribution in [3.8, 4) is 0 Å². The number of anilines is 2. The summed E-state index contributed by atoms with van der Waals surface area (Å²) in [6, 6.07) is 7.53. The Bertz CT molecular complexity index is 645. The molecule has 0 spiro atoms. The minimum atomic E-state index is -0.504. The van der Waals surface area contributed by atoms with Gasteiger partial charge in [0.2, 0.25) is 11.9 Å². The second kappa shape index (κ2) is 5.95. The Balaban J connectivity index is 1.74. The molecule has 1 unspecified atom stereocenters. The quantitative estimate of drug-likeness (QED) is 0.824. The van der Waals surface area contributed by atoms with E-state index in [9.17, 15) is 4.39 Å². The second-order valence-corrected chi connectivity index (χ2v) is 5.67. The van der Waals surface area contributed by atoms with E-state index < -0.39 is 5.95 Å². The van der Waals surface area contributed by atoms with Crippen LogP contribution in [0.25, 0.3) is 0 Å². The minimum absolute atomic E-state index is 0.0854. The van der Waals surface area contributed by atoms with Gasteiger partial charge in [-0.1, -0.05) is 17.7 Å². The first-order chi connectivity index (χ1) is 10.1. The van der Waals surface area contributed by atoms with Crippen LogP contribution in [0, 0.1) is 5.95 Å². The van der Waals surface area contributed by atoms with E-state index in [1.165, 1.54) is 6.20 Å². The number of rotatable bonds is 5. The Hall–Kier alpha value is -1.72. The van der Waals surface area contributed by atoms with E-state index in [1.54, 1.807) is 18.2 Å². The van der Waals surface area contributed by atoms with E-state index in [-0.39, 0.29) is 12.0 Å². The molecule has 0 saturated heterocycles. The first-order valence-electron chi connectivity index (χ1n) is 6.93. The number of nitrogens with one attached hydrogen (secondary N) is 2. The summed E-state index contributed by atoms with van der Waals surface area (Å²) in [6.07, 6.45) is 3.83. The molecular weight excluding hydrogens is 291 g/mol. The third-order valence-corrected chi connectivity index (χ3v) is 3.61. The lowest BCUT2D eigenvalue weighted by atomic mass is 10.2. The summed E-state index contributed by atoms with van der Waals surface area (Å²) >= 11 is 5.90. The van der Waals surface area contributed by atoms with Gasteiger partial charge in [-0.25, -0.2) is 4.98 Å². The van der Waals surface area contributed by atoms with Crippen LogP contribution in [-0.4, -0.2) is 16.0 Å². The monoisotopic (exact) mass is 306 g/mol. The summed E-state index contributed by atoms with van der Waals surface area (Å²) in [5.41, 5.74) is 1.21. The fraction of sp³-hybridized carbons (Fsp3) is 0.333. The van der Waals surface area contributed by atoms with Crippen LogP contribution in [-0.2, 0) is 0 Å². The molecule has 2 N–H and O–H groups in total. The lowest BCUT2D eigenvalue weighted by Crippen LogP contribution is -2.22. The van der Waals surface area contributed by atoms with Gasteiger partial charge in [-0.3, -0.25) is 0 Å². The van der Waals surface area contributed by atoms with Crippen molar-refractivity contribution in [2.75, 3.05) is 5.32 Å². The zero-order chi connectivity index (χ0) is 14.8. The maximum Gasteiger partial charge on any atom is 0.229 e. The number of hydrogen-bond acceptors (Lipinski definition) is 4. The van der Waals surface area contributed by atoms with Crippen LogP contribution in [0.15, 0.2) is 30.5 Å². The molecule has 0 bridgehead atoms. The minimum Gasteiger partial charge on any atom is -0.324 e. The van der Waals surface area contributed by atoms with Crippen molar-refractivity contribution >= 4 is 23.2 Å². The topological polar surface area (TPSA) is 49.8 Å². The van der Waals surface area contributed by atoms with E-state index >= 15 is 0 Å². The molecule has 1 aliphatic rings. The molecule has 110 valence electrons. The molecule has 1 fully saturated rings. The number of benzene rings is 1. The molecule has 0 amide bonds. The molecule has 1 heterocycles. The third kappa shape index (κ3) is 3.68. The van der Waals surface area contributed by atoms with E-state index in [2.05, 4.69) is 20.6 Å². The highest BCUT2D eigenvalue weighted by atomic mass is 35.5. The summed E-state index contributed by atoms with van der Waals surface area (Å²) in [5.74, 6) is -0.285. The Morgan fingerprint density at radius 1 is 1.38 bits per heavy atom. The SMILES string of the molecule is CC(NC1CC1)c1cnc(Nc2cccc(Cl)c2)nc1F. The molecule has 0 radical (unpaired) electrons. The molecule has 1 aromatic heterocycles. The predicted molar refractivity (Wildman–Crippen MR) is 81.3 cm³/mol. The van der Waals surface area contributed by atoms with Crippen LogP contribution in [0.2, 0.25) is 5.02 Å². The average molecular weight is 307 g/mol. The lowest BCUT2D eigenvalue weighted by molar-refractivity contribution is 0.503. The fourth-order valence-corrected chi connectivity index (χ4v) is 2.30. The predicted octanol–water partition coefficient (Wildman–Crippen LogP) is 3.83. The average Bonchev–Trinajstić information content (AvgIpc) is 3.22. The Kier molecular flexibility index (Phi) is 4.03. The maximum absolute atomic E-state index is 14.1. The lowest BCUT2D eigenvalue weighted by Gasteiger charge is -2.14. The van der Waals surface area contributed by atoms with Gasteiger partial charge in [-0.2, -0.15) is 9.37 Å². The van der Waals surface area contributed by atoms with Crippen LogP contribution in [0.3, 0.4) is 0 Å². The van der Waals surface area contributed by atoms with Crippen LogP contribution in [0.5, 0.6) is 0 Å². The summed E-state index contributed by atoms with van der Waals surface area (Å²) in [4.78, 5) is 8.04. The zero-order valence-electron chi connectivity index (χ0n) is 11.6. The van der Waals surface area contributed by atoms with E-state index in [0.717, 1.165) is 18.5 Å². The molecule has 3 rings (SSSR count). The van der Waals surface area contributed by atoms with Crippen LogP contribution >= 0.6 is 11.6 Å². The van der Waals surface area contributed by atoms with Crippen molar-refractivity contribution in [3.63, 3.8) is 0 Å². The van der Waals surface area contributed by atoms with Gasteiger partial charge in [0.25, 0.3) is 0 Å². The van der Waals surface area contributed by atoms with Gasteiger partial charge in [0.05, 0.1) is 0 Å². The van der Waals surface area contributed by atoms with Crippen LogP contribution in [0.1, 0.15) is 31.4 Å². The van der Waals surface area contributed by atoms with Gasteiger partial charge in [0.1, 0.15) is 0 Å². The molecule has 21 heavy (non-hydrogen) atoms. The highest BCUT2D eigenvalue weighted by Gasteiger charge is 2.25. The standard InChI is InChI=1S/C15H16ClFN4/c1-9(19-11-5-6-11)13-8-18-15(21-14(13)17)20-12-4-2-3-10(16)7-12/h2-4,7-9,11,19H,5-6H2,1H3,(H,18,20,21). The second-order valence-electron chi connectivity index (χ2n) is 5.24. The fourth-order valence-electron chi connectivity index (χ4n) is 2.11. The Morgan fingerprint density at radius 3 is 2.86 bits per heavy atom. The molecule has 1 saturated carbocycles. The highest BCUT2D eigenvalue weighted by molar-refractivity contribution is 6.30. The van der Waals surface area contributed by atoms with Crippen molar-refractivity contribution in [1.82, 2.24) is 15.3 Å². The molecule has 1 aromatic carbocycles. The van der Waals surface area contributed by atoms with Crippen molar-refractivity contribution < 1.29 is 4.39 Å². The van der Waals surface area contributed by atoms with E-state index in [1.807, 2.05) is 13.0 Å². The summed E-state index contributed by atoms with van der Waals surface area (Å²) in [7, 11) is 0. The molecular formula is C15H16ClFN4. The molecule has 1 atom stereocenters. The first-order valence-corrected chi connectivity index (χ1v) is 7.30. The van der Waals surface area contributed by atoms with Crippen molar-refractivity contribution in [2.45, 2.75) is 31.8 Å². The first kappa shape index (κ1) is 14.2. The molecule has 1 aliphatic carbocycles. The van der Waals surface area contributed by atoms with Crippen molar-refractivity contribution in [1.29, 1.82) is 0 Å². The van der Waals surface area contributed by atoms with Crippen LogP contribution in [0.4, 0.5) is 16.0 Å². The van der Waals surface area contributed by atoms with Crippen molar-refractivity contribution in [3.05, 3.63) is 47.0 Å². The van der Waals surface area contributed by atoms with Gasteiger partial charge in [-0.05, 0) is 38.0 Å². The van der Waals surface area contributed by atoms with Crippen LogP contribution < -0.4 is 10.6 Å². The van der Waals surface area contributed by atoms with Crippen molar-refractivity contribution in [2.24, 2.45) is 0 Å². The normalized spacial score (nSPS) is 15.8. The smallest absolute Gasteiger partial charge is 0.229 e. The zero-order valence-corrected chi connectivity index (χ0v) is 12.4. The van der Waals surface area contributed by atoms with E-state index in [4.69, 9.17) is 11.6 Å². The highest BCUT2D eigenvalue weighted by Crippen LogP contribution is 2.25. The van der Waals surface area contributed by atoms with Gasteiger partial charge >= 0.3 is 0 Å². The summed E-state index contributed by atoms with van der Waals surface area (Å²) in [6.45, 7) is 1.92. The summed E-state index contributed by atoms with van der Waals surface area (Å²) in [5, 5.41) is 6.86. The number of aromatic nitrogens is 2. The maximum atomic E-state index is 14.1. The Morgan fingerprint density at radius 2 is 2.19 bits per heavy atom. The molecule has 0 aliphatic heterocycles. The number of halogens is 2. The summed E-state index contributed by atoms with van der Waals surface area (Å²) < 4.78 is 14.1. The molecule has 2 aromatic rings. The largest absolute Gasteiger partial charge is 0.324 e. The third-order valence-electron chi connectivity index (χ3n) is 3.38. The van der Waals surface area contributed by atoms with Gasteiger partial charge < -0.3 is 10.6 Å². The molecule has 4 nitrogen and oxygen atoms in total. The van der Waals surface area contributed by atoms with Gasteiger partial charge in [-0.15, -0.1) is 0 Å². The number of hydrogen-bond donors (Lipinski definition) is 2. The number of nitrogens with zero attached hydrogens (tertiary/aromatic N) is 2. The Labute approximate surface area is 127 Å².